The molecule has 148 valence electrons. The summed E-state index contributed by atoms with van der Waals surface area (Å²) in [5.41, 5.74) is 1.91. The van der Waals surface area contributed by atoms with Gasteiger partial charge in [0.2, 0.25) is 0 Å². The molecule has 0 atom stereocenters. The van der Waals surface area contributed by atoms with Gasteiger partial charge in [-0.25, -0.2) is 24.3 Å². The van der Waals surface area contributed by atoms with Crippen LogP contribution in [0.4, 0.5) is 10.2 Å². The van der Waals surface area contributed by atoms with Crippen LogP contribution in [0.5, 0.6) is 0 Å². The Hall–Kier alpha value is -3.36. The van der Waals surface area contributed by atoms with Crippen molar-refractivity contribution < 1.29 is 4.39 Å². The van der Waals surface area contributed by atoms with Crippen LogP contribution in [-0.4, -0.2) is 42.2 Å². The summed E-state index contributed by atoms with van der Waals surface area (Å²) in [5.74, 6) is 0.839. The highest BCUT2D eigenvalue weighted by atomic mass is 19.1. The number of hydrogen-bond acceptors (Lipinski definition) is 6. The number of aryl methyl sites for hydroxylation is 1. The van der Waals surface area contributed by atoms with E-state index in [1.807, 2.05) is 11.6 Å². The zero-order chi connectivity index (χ0) is 20.0. The number of benzene rings is 1. The first kappa shape index (κ1) is 17.7. The van der Waals surface area contributed by atoms with E-state index < -0.39 is 0 Å². The molecule has 5 rings (SSSR count). The molecule has 8 nitrogen and oxygen atoms in total. The largest absolute Gasteiger partial charge is 0.355 e. The lowest BCUT2D eigenvalue weighted by atomic mass is 9.96. The second-order valence-corrected chi connectivity index (χ2v) is 7.52. The predicted molar refractivity (Wildman–Crippen MR) is 107 cm³/mol. The van der Waals surface area contributed by atoms with Gasteiger partial charge < -0.3 is 9.47 Å². The fourth-order valence-corrected chi connectivity index (χ4v) is 4.03. The van der Waals surface area contributed by atoms with Crippen LogP contribution in [-0.2, 0) is 13.6 Å². The molecule has 1 aromatic carbocycles. The normalized spacial score (nSPS) is 15.4. The van der Waals surface area contributed by atoms with Crippen molar-refractivity contribution >= 4 is 27.9 Å². The van der Waals surface area contributed by atoms with Gasteiger partial charge in [0.15, 0.2) is 17.0 Å². The Balaban J connectivity index is 1.32. The molecule has 4 heterocycles. The van der Waals surface area contributed by atoms with Crippen molar-refractivity contribution in [1.29, 1.82) is 0 Å². The molecule has 3 aromatic heterocycles. The molecule has 0 unspecified atom stereocenters. The van der Waals surface area contributed by atoms with E-state index in [1.165, 1.54) is 24.5 Å². The van der Waals surface area contributed by atoms with Crippen molar-refractivity contribution in [2.75, 3.05) is 18.0 Å². The van der Waals surface area contributed by atoms with Crippen molar-refractivity contribution in [3.63, 3.8) is 0 Å². The molecule has 1 aliphatic heterocycles. The van der Waals surface area contributed by atoms with Crippen LogP contribution in [0, 0.1) is 11.7 Å². The molecule has 0 spiro atoms. The molecule has 0 N–H and O–H groups in total. The summed E-state index contributed by atoms with van der Waals surface area (Å²) < 4.78 is 16.9. The molecule has 29 heavy (non-hydrogen) atoms. The lowest BCUT2D eigenvalue weighted by Gasteiger charge is -2.32. The number of imidazole rings is 1. The molecule has 1 saturated heterocycles. The van der Waals surface area contributed by atoms with E-state index in [9.17, 15) is 9.18 Å². The highest BCUT2D eigenvalue weighted by molar-refractivity contribution is 5.83. The van der Waals surface area contributed by atoms with Gasteiger partial charge in [0.25, 0.3) is 5.56 Å². The van der Waals surface area contributed by atoms with E-state index in [1.54, 1.807) is 17.2 Å². The molecule has 9 heteroatoms. The molecular formula is C20H20FN7O. The molecule has 0 amide bonds. The van der Waals surface area contributed by atoms with Crippen molar-refractivity contribution in [2.45, 2.75) is 19.4 Å². The lowest BCUT2D eigenvalue weighted by molar-refractivity contribution is 0.351. The number of piperidine rings is 1. The minimum atomic E-state index is -0.388. The van der Waals surface area contributed by atoms with E-state index in [0.717, 1.165) is 42.9 Å². The Bertz CT molecular complexity index is 1260. The first-order chi connectivity index (χ1) is 14.1. The Morgan fingerprint density at radius 1 is 1.10 bits per heavy atom. The van der Waals surface area contributed by atoms with Crippen molar-refractivity contribution in [1.82, 2.24) is 29.1 Å². The number of rotatable bonds is 3. The maximum Gasteiger partial charge on any atom is 0.261 e. The Morgan fingerprint density at radius 2 is 1.93 bits per heavy atom. The molecule has 0 saturated carbocycles. The number of anilines is 1. The summed E-state index contributed by atoms with van der Waals surface area (Å²) in [4.78, 5) is 32.4. The zero-order valence-electron chi connectivity index (χ0n) is 16.0. The number of aromatic nitrogens is 6. The van der Waals surface area contributed by atoms with Crippen molar-refractivity contribution in [3.8, 4) is 0 Å². The first-order valence-electron chi connectivity index (χ1n) is 9.62. The summed E-state index contributed by atoms with van der Waals surface area (Å²) in [5, 5.41) is 0.449. The maximum atomic E-state index is 13.3. The number of hydrogen-bond donors (Lipinski definition) is 0. The van der Waals surface area contributed by atoms with Crippen LogP contribution in [0.15, 0.2) is 42.0 Å². The fraction of sp³-hybridized carbons (Fsp3) is 0.350. The van der Waals surface area contributed by atoms with Gasteiger partial charge in [-0.05, 0) is 30.9 Å². The maximum absolute atomic E-state index is 13.3. The minimum Gasteiger partial charge on any atom is -0.355 e. The van der Waals surface area contributed by atoms with Crippen molar-refractivity contribution in [2.24, 2.45) is 13.0 Å². The van der Waals surface area contributed by atoms with E-state index >= 15 is 0 Å². The third kappa shape index (κ3) is 3.12. The quantitative estimate of drug-likeness (QED) is 0.530. The third-order valence-electron chi connectivity index (χ3n) is 5.63. The summed E-state index contributed by atoms with van der Waals surface area (Å²) in [7, 11) is 1.92. The minimum absolute atomic E-state index is 0.122. The van der Waals surface area contributed by atoms with E-state index in [-0.39, 0.29) is 11.4 Å². The van der Waals surface area contributed by atoms with Gasteiger partial charge in [0, 0.05) is 32.7 Å². The molecule has 1 fully saturated rings. The number of halogens is 1. The zero-order valence-corrected chi connectivity index (χ0v) is 16.0. The summed E-state index contributed by atoms with van der Waals surface area (Å²) >= 11 is 0. The van der Waals surface area contributed by atoms with Crippen molar-refractivity contribution in [3.05, 3.63) is 53.4 Å². The standard InChI is InChI=1S/C20H20FN7O/c1-26-11-25-17-18(26)22-10-23-19(17)27-6-4-13(5-7-27)9-28-12-24-16-8-14(21)2-3-15(16)20(28)29/h2-3,8,10-13H,4-7,9H2,1H3. The van der Waals surface area contributed by atoms with Crippen LogP contribution in [0.1, 0.15) is 12.8 Å². The highest BCUT2D eigenvalue weighted by Crippen LogP contribution is 2.26. The average molecular weight is 393 g/mol. The van der Waals surface area contributed by atoms with Crippen LogP contribution in [0.3, 0.4) is 0 Å². The smallest absolute Gasteiger partial charge is 0.261 e. The molecule has 0 bridgehead atoms. The second kappa shape index (κ2) is 6.91. The van der Waals surface area contributed by atoms with E-state index in [2.05, 4.69) is 24.8 Å². The van der Waals surface area contributed by atoms with E-state index in [4.69, 9.17) is 0 Å². The predicted octanol–water partition coefficient (Wildman–Crippen LogP) is 2.13. The molecule has 0 radical (unpaired) electrons. The summed E-state index contributed by atoms with van der Waals surface area (Å²) in [6, 6.07) is 4.10. The van der Waals surface area contributed by atoms with Gasteiger partial charge in [-0.2, -0.15) is 0 Å². The molecular weight excluding hydrogens is 373 g/mol. The monoisotopic (exact) mass is 393 g/mol. The summed E-state index contributed by atoms with van der Waals surface area (Å²) in [6.45, 7) is 2.29. The Morgan fingerprint density at radius 3 is 2.76 bits per heavy atom. The van der Waals surface area contributed by atoms with E-state index in [0.29, 0.717) is 23.4 Å². The van der Waals surface area contributed by atoms with Gasteiger partial charge in [0.05, 0.1) is 23.6 Å². The summed E-state index contributed by atoms with van der Waals surface area (Å²) in [6.07, 6.45) is 6.73. The first-order valence-corrected chi connectivity index (χ1v) is 9.62. The van der Waals surface area contributed by atoms with Gasteiger partial charge >= 0.3 is 0 Å². The SMILES string of the molecule is Cn1cnc2c(N3CCC(Cn4cnc5cc(F)ccc5c4=O)CC3)ncnc21. The van der Waals surface area contributed by atoms with Crippen LogP contribution < -0.4 is 10.5 Å². The van der Waals surface area contributed by atoms with Gasteiger partial charge in [-0.1, -0.05) is 0 Å². The van der Waals surface area contributed by atoms with Crippen LogP contribution >= 0.6 is 0 Å². The fourth-order valence-electron chi connectivity index (χ4n) is 4.03. The topological polar surface area (TPSA) is 81.7 Å². The molecule has 4 aromatic rings. The van der Waals surface area contributed by atoms with Crippen LogP contribution in [0.2, 0.25) is 0 Å². The second-order valence-electron chi connectivity index (χ2n) is 7.52. The highest BCUT2D eigenvalue weighted by Gasteiger charge is 2.23. The average Bonchev–Trinajstić information content (AvgIpc) is 3.12. The Labute approximate surface area is 165 Å². The number of fused-ring (bicyclic) bond motifs is 2. The molecule has 0 aliphatic carbocycles. The number of nitrogens with zero attached hydrogens (tertiary/aromatic N) is 7. The third-order valence-corrected chi connectivity index (χ3v) is 5.63. The lowest BCUT2D eigenvalue weighted by Crippen LogP contribution is -2.37. The van der Waals surface area contributed by atoms with Crippen LogP contribution in [0.25, 0.3) is 22.1 Å². The Kier molecular flexibility index (Phi) is 4.22. The van der Waals surface area contributed by atoms with Gasteiger partial charge in [-0.3, -0.25) is 9.36 Å². The molecule has 1 aliphatic rings. The van der Waals surface area contributed by atoms with Gasteiger partial charge in [-0.15, -0.1) is 0 Å². The van der Waals surface area contributed by atoms with Gasteiger partial charge in [0.1, 0.15) is 12.1 Å².